The first-order valence-electron chi connectivity index (χ1n) is 8.43. The molecular formula is C17H39BNO2P. The lowest BCUT2D eigenvalue weighted by Crippen LogP contribution is -2.52. The molecule has 0 aromatic carbocycles. The van der Waals surface area contributed by atoms with Gasteiger partial charge in [0.2, 0.25) is 0 Å². The molecule has 0 aliphatic carbocycles. The summed E-state index contributed by atoms with van der Waals surface area (Å²) in [6.45, 7) is 23.8. The van der Waals surface area contributed by atoms with Crippen LogP contribution in [0.2, 0.25) is 5.31 Å². The van der Waals surface area contributed by atoms with Crippen LogP contribution in [0.15, 0.2) is 0 Å². The van der Waals surface area contributed by atoms with E-state index in [1.165, 1.54) is 0 Å². The first kappa shape index (κ1) is 22.4. The molecule has 2 atom stereocenters. The van der Waals surface area contributed by atoms with Crippen molar-refractivity contribution in [2.24, 2.45) is 17.6 Å². The van der Waals surface area contributed by atoms with Gasteiger partial charge >= 0.3 is 0 Å². The smallest absolute Gasteiger partial charge is 0.285 e. The Labute approximate surface area is 141 Å². The molecular weight excluding hydrogens is 292 g/mol. The highest BCUT2D eigenvalue weighted by molar-refractivity contribution is 7.34. The van der Waals surface area contributed by atoms with Gasteiger partial charge in [-0.05, 0) is 32.6 Å². The zero-order valence-electron chi connectivity index (χ0n) is 16.8. The average molecular weight is 331 g/mol. The third-order valence-electron chi connectivity index (χ3n) is 5.51. The SMILES string of the molecule is CC(C)C(C)(C)OBC(C)(C)C(C)(N)OPC(C)(C)C(C)C. The van der Waals surface area contributed by atoms with Crippen LogP contribution in [-0.4, -0.2) is 24.0 Å². The molecule has 0 rings (SSSR count). The van der Waals surface area contributed by atoms with Gasteiger partial charge in [-0.2, -0.15) is 0 Å². The second-order valence-electron chi connectivity index (χ2n) is 9.12. The lowest BCUT2D eigenvalue weighted by Gasteiger charge is -2.44. The van der Waals surface area contributed by atoms with Crippen LogP contribution in [0.3, 0.4) is 0 Å². The standard InChI is InChI=1S/C17H39BNO2P/c1-12(2)14(5,6)20-18-16(9,10)17(11,19)21-22-15(7,8)13(3)4/h12-13,18,22H,19H2,1-11H3. The zero-order chi connectivity index (χ0) is 18.0. The van der Waals surface area contributed by atoms with E-state index < -0.39 is 5.72 Å². The van der Waals surface area contributed by atoms with E-state index in [9.17, 15) is 0 Å². The Morgan fingerprint density at radius 3 is 1.68 bits per heavy atom. The van der Waals surface area contributed by atoms with Gasteiger partial charge in [0, 0.05) is 24.9 Å². The van der Waals surface area contributed by atoms with Crippen molar-refractivity contribution in [3.8, 4) is 0 Å². The predicted octanol–water partition coefficient (Wildman–Crippen LogP) is 4.71. The molecule has 0 aromatic heterocycles. The van der Waals surface area contributed by atoms with Gasteiger partial charge in [-0.3, -0.25) is 0 Å². The molecule has 0 spiro atoms. The molecule has 0 fully saturated rings. The van der Waals surface area contributed by atoms with E-state index in [-0.39, 0.29) is 16.1 Å². The summed E-state index contributed by atoms with van der Waals surface area (Å²) in [5.41, 5.74) is 5.63. The highest BCUT2D eigenvalue weighted by atomic mass is 31.1. The van der Waals surface area contributed by atoms with Crippen molar-refractivity contribution in [2.75, 3.05) is 0 Å². The summed E-state index contributed by atoms with van der Waals surface area (Å²) in [7, 11) is 0.951. The minimum absolute atomic E-state index is 0.134. The van der Waals surface area contributed by atoms with Gasteiger partial charge < -0.3 is 14.9 Å². The van der Waals surface area contributed by atoms with Crippen molar-refractivity contribution >= 4 is 16.3 Å². The second-order valence-corrected chi connectivity index (χ2v) is 10.8. The summed E-state index contributed by atoms with van der Waals surface area (Å²) in [6.07, 6.45) is 0. The molecule has 2 unspecified atom stereocenters. The normalized spacial score (nSPS) is 17.5. The maximum atomic E-state index is 6.51. The summed E-state index contributed by atoms with van der Waals surface area (Å²) >= 11 is 0. The van der Waals surface area contributed by atoms with Crippen LogP contribution in [0.5, 0.6) is 0 Å². The molecule has 0 radical (unpaired) electrons. The Balaban J connectivity index is 4.80. The topological polar surface area (TPSA) is 44.5 Å². The van der Waals surface area contributed by atoms with E-state index in [0.717, 1.165) is 0 Å². The highest BCUT2D eigenvalue weighted by Gasteiger charge is 2.43. The summed E-state index contributed by atoms with van der Waals surface area (Å²) in [5.74, 6) is 1.01. The Morgan fingerprint density at radius 2 is 1.32 bits per heavy atom. The largest absolute Gasteiger partial charge is 0.434 e. The summed E-state index contributed by atoms with van der Waals surface area (Å²) in [4.78, 5) is 0. The highest BCUT2D eigenvalue weighted by Crippen LogP contribution is 2.47. The van der Waals surface area contributed by atoms with E-state index in [0.29, 0.717) is 28.1 Å². The van der Waals surface area contributed by atoms with E-state index in [2.05, 4.69) is 69.2 Å². The summed E-state index contributed by atoms with van der Waals surface area (Å²) in [6, 6.07) is 0. The van der Waals surface area contributed by atoms with Crippen molar-refractivity contribution in [3.05, 3.63) is 0 Å². The van der Waals surface area contributed by atoms with Gasteiger partial charge in [-0.1, -0.05) is 55.4 Å². The van der Waals surface area contributed by atoms with Gasteiger partial charge in [0.25, 0.3) is 7.48 Å². The molecule has 0 aliphatic rings. The molecule has 22 heavy (non-hydrogen) atoms. The Morgan fingerprint density at radius 1 is 0.864 bits per heavy atom. The van der Waals surface area contributed by atoms with Gasteiger partial charge in [0.15, 0.2) is 0 Å². The van der Waals surface area contributed by atoms with Crippen molar-refractivity contribution in [2.45, 2.75) is 98.0 Å². The molecule has 2 N–H and O–H groups in total. The fraction of sp³-hybridized carbons (Fsp3) is 1.00. The van der Waals surface area contributed by atoms with E-state index >= 15 is 0 Å². The first-order valence-corrected chi connectivity index (χ1v) is 9.34. The van der Waals surface area contributed by atoms with E-state index in [4.69, 9.17) is 14.9 Å². The molecule has 0 saturated carbocycles. The molecule has 3 nitrogen and oxygen atoms in total. The summed E-state index contributed by atoms with van der Waals surface area (Å²) in [5, 5.41) is -0.131. The van der Waals surface area contributed by atoms with Crippen molar-refractivity contribution in [1.29, 1.82) is 0 Å². The van der Waals surface area contributed by atoms with Crippen LogP contribution in [0, 0.1) is 11.8 Å². The Kier molecular flexibility index (Phi) is 7.64. The molecule has 0 bridgehead atoms. The minimum Gasteiger partial charge on any atom is -0.434 e. The molecule has 0 amide bonds. The maximum Gasteiger partial charge on any atom is 0.285 e. The van der Waals surface area contributed by atoms with E-state index in [1.807, 2.05) is 6.92 Å². The van der Waals surface area contributed by atoms with Gasteiger partial charge in [0.05, 0.1) is 0 Å². The van der Waals surface area contributed by atoms with Gasteiger partial charge in [-0.25, -0.2) is 0 Å². The van der Waals surface area contributed by atoms with E-state index in [1.54, 1.807) is 0 Å². The number of hydrogen-bond acceptors (Lipinski definition) is 3. The fourth-order valence-electron chi connectivity index (χ4n) is 1.17. The second kappa shape index (κ2) is 7.51. The van der Waals surface area contributed by atoms with Gasteiger partial charge in [0.1, 0.15) is 5.72 Å². The number of hydrogen-bond donors (Lipinski definition) is 1. The van der Waals surface area contributed by atoms with Crippen LogP contribution in [0.4, 0.5) is 0 Å². The molecule has 0 aliphatic heterocycles. The lowest BCUT2D eigenvalue weighted by molar-refractivity contribution is 0.0289. The monoisotopic (exact) mass is 331 g/mol. The van der Waals surface area contributed by atoms with Crippen molar-refractivity contribution in [1.82, 2.24) is 0 Å². The third kappa shape index (κ3) is 6.11. The van der Waals surface area contributed by atoms with Crippen LogP contribution in [-0.2, 0) is 9.18 Å². The third-order valence-corrected chi connectivity index (χ3v) is 7.14. The van der Waals surface area contributed by atoms with Crippen molar-refractivity contribution in [3.63, 3.8) is 0 Å². The van der Waals surface area contributed by atoms with Gasteiger partial charge in [-0.15, -0.1) is 0 Å². The molecule has 0 saturated heterocycles. The van der Waals surface area contributed by atoms with Crippen LogP contribution in [0.25, 0.3) is 0 Å². The first-order chi connectivity index (χ1) is 9.55. The maximum absolute atomic E-state index is 6.51. The Hall–Kier alpha value is 0.375. The summed E-state index contributed by atoms with van der Waals surface area (Å²) < 4.78 is 12.3. The van der Waals surface area contributed by atoms with Crippen molar-refractivity contribution < 1.29 is 9.18 Å². The number of nitrogens with two attached hydrogens (primary N) is 1. The molecule has 132 valence electrons. The minimum atomic E-state index is -0.718. The Bertz CT molecular complexity index is 319. The quantitative estimate of drug-likeness (QED) is 0.378. The van der Waals surface area contributed by atoms with Crippen LogP contribution < -0.4 is 5.73 Å². The molecule has 0 heterocycles. The fourth-order valence-corrected chi connectivity index (χ4v) is 2.16. The molecule has 0 aromatic rings. The number of rotatable bonds is 9. The molecule has 5 heteroatoms. The average Bonchev–Trinajstić information content (AvgIpc) is 2.34. The van der Waals surface area contributed by atoms with Crippen LogP contribution >= 0.6 is 8.81 Å². The lowest BCUT2D eigenvalue weighted by atomic mass is 9.60. The zero-order valence-corrected chi connectivity index (χ0v) is 17.8. The predicted molar refractivity (Wildman–Crippen MR) is 102 cm³/mol. The van der Waals surface area contributed by atoms with Crippen LogP contribution in [0.1, 0.15) is 76.2 Å².